The zero-order valence-electron chi connectivity index (χ0n) is 26.9. The van der Waals surface area contributed by atoms with Crippen LogP contribution in [0.25, 0.3) is 22.6 Å². The summed E-state index contributed by atoms with van der Waals surface area (Å²) >= 11 is 6.36. The van der Waals surface area contributed by atoms with Crippen molar-refractivity contribution < 1.29 is 17.6 Å². The van der Waals surface area contributed by atoms with Gasteiger partial charge in [0.25, 0.3) is 0 Å². The van der Waals surface area contributed by atoms with E-state index in [0.717, 1.165) is 48.9 Å². The summed E-state index contributed by atoms with van der Waals surface area (Å²) in [5.41, 5.74) is 3.05. The second kappa shape index (κ2) is 13.0. The molecule has 5 rings (SSSR count). The minimum Gasteiger partial charge on any atom is -0.414 e. The molecule has 4 aromatic rings. The monoisotopic (exact) mass is 657 g/mol. The molecule has 0 aliphatic heterocycles. The molecule has 2 atom stereocenters. The highest BCUT2D eigenvalue weighted by Crippen LogP contribution is 2.43. The lowest BCUT2D eigenvalue weighted by atomic mass is 9.79. The van der Waals surface area contributed by atoms with Gasteiger partial charge in [0.2, 0.25) is 5.28 Å². The van der Waals surface area contributed by atoms with Gasteiger partial charge in [-0.3, -0.25) is 0 Å². The summed E-state index contributed by atoms with van der Waals surface area (Å²) in [6.45, 7) is 14.5. The number of imidazole rings is 1. The molecule has 1 saturated carbocycles. The topological polar surface area (TPSA) is 64.9 Å². The number of hydrogen-bond acceptors (Lipinski definition) is 5. The number of alkyl halides is 3. The van der Waals surface area contributed by atoms with Gasteiger partial charge in [0, 0.05) is 24.8 Å². The Morgan fingerprint density at radius 1 is 1.00 bits per heavy atom. The fourth-order valence-electron chi connectivity index (χ4n) is 5.59. The van der Waals surface area contributed by atoms with Crippen LogP contribution in [0.15, 0.2) is 48.5 Å². The molecular weight excluding hydrogens is 615 g/mol. The molecule has 2 heterocycles. The number of nitrogens with zero attached hydrogens (tertiary/aromatic N) is 4. The van der Waals surface area contributed by atoms with Gasteiger partial charge < -0.3 is 14.3 Å². The Morgan fingerprint density at radius 2 is 1.73 bits per heavy atom. The molecule has 0 bridgehead atoms. The zero-order chi connectivity index (χ0) is 32.6. The minimum absolute atomic E-state index is 0.0834. The van der Waals surface area contributed by atoms with Crippen LogP contribution in [0.4, 0.5) is 19.0 Å². The summed E-state index contributed by atoms with van der Waals surface area (Å²) in [5.74, 6) is 1.82. The van der Waals surface area contributed by atoms with Gasteiger partial charge in [-0.05, 0) is 92.0 Å². The Morgan fingerprint density at radius 3 is 2.36 bits per heavy atom. The minimum atomic E-state index is -4.40. The lowest BCUT2D eigenvalue weighted by Gasteiger charge is -2.46. The van der Waals surface area contributed by atoms with Gasteiger partial charge in [-0.25, -0.2) is 4.98 Å². The van der Waals surface area contributed by atoms with Gasteiger partial charge in [-0.2, -0.15) is 23.1 Å². The van der Waals surface area contributed by atoms with Crippen LogP contribution in [0.3, 0.4) is 0 Å². The number of fused-ring (bicyclic) bond motifs is 1. The van der Waals surface area contributed by atoms with Gasteiger partial charge in [-0.15, -0.1) is 0 Å². The summed E-state index contributed by atoms with van der Waals surface area (Å²) in [6.07, 6.45) is 1.49. The molecule has 2 unspecified atom stereocenters. The molecular formula is C34H43ClF3N5OSi. The van der Waals surface area contributed by atoms with Gasteiger partial charge in [0.15, 0.2) is 19.8 Å². The van der Waals surface area contributed by atoms with E-state index in [1.54, 1.807) is 0 Å². The van der Waals surface area contributed by atoms with Crippen molar-refractivity contribution in [3.05, 3.63) is 70.5 Å². The van der Waals surface area contributed by atoms with Crippen LogP contribution in [-0.4, -0.2) is 40.5 Å². The van der Waals surface area contributed by atoms with Crippen molar-refractivity contribution in [2.45, 2.75) is 96.8 Å². The number of aromatic nitrogens is 4. The molecule has 45 heavy (non-hydrogen) atoms. The lowest BCUT2D eigenvalue weighted by molar-refractivity contribution is -0.137. The van der Waals surface area contributed by atoms with Crippen molar-refractivity contribution in [2.24, 2.45) is 5.92 Å². The van der Waals surface area contributed by atoms with E-state index in [4.69, 9.17) is 21.0 Å². The second-order valence-corrected chi connectivity index (χ2v) is 18.9. The van der Waals surface area contributed by atoms with Crippen LogP contribution in [0.2, 0.25) is 23.4 Å². The first-order chi connectivity index (χ1) is 21.1. The molecule has 2 aromatic carbocycles. The van der Waals surface area contributed by atoms with Crippen LogP contribution in [0, 0.1) is 12.8 Å². The Hall–Kier alpha value is -2.95. The SMILES string of the molecule is Cc1cccc(-c2nc3nc(Cl)nc(NCCCCC4CCC4O[Si](C)(C)C(C)(C)C)c3n2Cc2ccc(C(F)(F)F)cc2)c1. The average Bonchev–Trinajstić information content (AvgIpc) is 3.30. The van der Waals surface area contributed by atoms with E-state index < -0.39 is 20.1 Å². The smallest absolute Gasteiger partial charge is 0.414 e. The van der Waals surface area contributed by atoms with Gasteiger partial charge in [0.05, 0.1) is 5.56 Å². The largest absolute Gasteiger partial charge is 0.416 e. The normalized spacial score (nSPS) is 17.5. The van der Waals surface area contributed by atoms with Crippen molar-refractivity contribution in [1.82, 2.24) is 19.5 Å². The highest BCUT2D eigenvalue weighted by Gasteiger charge is 2.43. The highest BCUT2D eigenvalue weighted by molar-refractivity contribution is 6.74. The number of benzene rings is 2. The number of aryl methyl sites for hydroxylation is 1. The summed E-state index contributed by atoms with van der Waals surface area (Å²) < 4.78 is 48.3. The highest BCUT2D eigenvalue weighted by atomic mass is 35.5. The fourth-order valence-corrected chi connectivity index (χ4v) is 7.18. The third kappa shape index (κ3) is 7.72. The molecule has 2 aromatic heterocycles. The van der Waals surface area contributed by atoms with Crippen molar-refractivity contribution >= 4 is 36.9 Å². The molecule has 0 saturated heterocycles. The second-order valence-electron chi connectivity index (χ2n) is 13.8. The maximum atomic E-state index is 13.2. The van der Waals surface area contributed by atoms with Gasteiger partial charge in [0.1, 0.15) is 11.3 Å². The molecule has 1 aliphatic carbocycles. The Labute approximate surface area is 269 Å². The van der Waals surface area contributed by atoms with Crippen molar-refractivity contribution in [3.63, 3.8) is 0 Å². The van der Waals surface area contributed by atoms with E-state index in [2.05, 4.69) is 49.1 Å². The van der Waals surface area contributed by atoms with Crippen molar-refractivity contribution in [2.75, 3.05) is 11.9 Å². The van der Waals surface area contributed by atoms with E-state index in [1.807, 2.05) is 35.8 Å². The molecule has 0 spiro atoms. The first-order valence-electron chi connectivity index (χ1n) is 15.7. The summed E-state index contributed by atoms with van der Waals surface area (Å²) in [5, 5.41) is 3.76. The summed E-state index contributed by atoms with van der Waals surface area (Å²) in [7, 11) is -1.78. The van der Waals surface area contributed by atoms with Crippen LogP contribution in [-0.2, 0) is 17.1 Å². The first-order valence-corrected chi connectivity index (χ1v) is 19.0. The van der Waals surface area contributed by atoms with E-state index in [1.165, 1.54) is 18.6 Å². The maximum Gasteiger partial charge on any atom is 0.416 e. The zero-order valence-corrected chi connectivity index (χ0v) is 28.7. The summed E-state index contributed by atoms with van der Waals surface area (Å²) in [6, 6.07) is 13.2. The van der Waals surface area contributed by atoms with Gasteiger partial charge >= 0.3 is 6.18 Å². The third-order valence-electron chi connectivity index (χ3n) is 9.37. The van der Waals surface area contributed by atoms with Crippen LogP contribution >= 0.6 is 11.6 Å². The predicted octanol–water partition coefficient (Wildman–Crippen LogP) is 9.90. The average molecular weight is 658 g/mol. The predicted molar refractivity (Wildman–Crippen MR) is 178 cm³/mol. The molecule has 242 valence electrons. The molecule has 0 radical (unpaired) electrons. The standard InChI is InChI=1S/C34H43ClF3N5OSi/c1-22-10-9-12-25(20-22)31-40-30-28(43(31)21-23-13-16-26(17-14-23)34(36,37)38)29(41-32(35)42-30)39-19-8-7-11-24-15-18-27(24)44-45(5,6)33(2,3)4/h9-10,12-14,16-17,20,24,27H,7-8,11,15,18-19,21H2,1-6H3,(H,39,41,42). The lowest BCUT2D eigenvalue weighted by Crippen LogP contribution is -2.48. The van der Waals surface area contributed by atoms with E-state index in [9.17, 15) is 13.2 Å². The first kappa shape index (κ1) is 33.4. The Balaban J connectivity index is 1.34. The van der Waals surface area contributed by atoms with Crippen LogP contribution in [0.1, 0.15) is 69.6 Å². The summed E-state index contributed by atoms with van der Waals surface area (Å²) in [4.78, 5) is 13.8. The molecule has 0 amide bonds. The van der Waals surface area contributed by atoms with Crippen LogP contribution < -0.4 is 5.32 Å². The third-order valence-corrected chi connectivity index (χ3v) is 14.0. The molecule has 11 heteroatoms. The van der Waals surface area contributed by atoms with E-state index in [-0.39, 0.29) is 16.9 Å². The van der Waals surface area contributed by atoms with Crippen molar-refractivity contribution in [3.8, 4) is 11.4 Å². The van der Waals surface area contributed by atoms with Gasteiger partial charge in [-0.1, -0.05) is 63.1 Å². The molecule has 1 N–H and O–H groups in total. The van der Waals surface area contributed by atoms with E-state index >= 15 is 0 Å². The number of nitrogens with one attached hydrogen (secondary N) is 1. The molecule has 1 fully saturated rings. The quantitative estimate of drug-likeness (QED) is 0.0988. The van der Waals surface area contributed by atoms with Crippen molar-refractivity contribution in [1.29, 1.82) is 0 Å². The molecule has 1 aliphatic rings. The number of halogens is 4. The number of unbranched alkanes of at least 4 members (excludes halogenated alkanes) is 1. The Kier molecular flexibility index (Phi) is 9.68. The maximum absolute atomic E-state index is 13.2. The molecule has 6 nitrogen and oxygen atoms in total. The number of hydrogen-bond donors (Lipinski definition) is 1. The van der Waals surface area contributed by atoms with Crippen LogP contribution in [0.5, 0.6) is 0 Å². The number of anilines is 1. The number of rotatable bonds is 11. The fraction of sp³-hybridized carbons (Fsp3) is 0.500. The Bertz CT molecular complexity index is 1630. The van der Waals surface area contributed by atoms with E-state index in [0.29, 0.717) is 46.9 Å².